The van der Waals surface area contributed by atoms with Gasteiger partial charge in [-0.1, -0.05) is 0 Å². The van der Waals surface area contributed by atoms with E-state index in [2.05, 4.69) is 5.32 Å². The third-order valence-electron chi connectivity index (χ3n) is 2.27. The minimum Gasteiger partial charge on any atom is -0.508 e. The smallest absolute Gasteiger partial charge is 0.120 e. The van der Waals surface area contributed by atoms with Gasteiger partial charge < -0.3 is 20.9 Å². The van der Waals surface area contributed by atoms with Crippen molar-refractivity contribution in [1.29, 1.82) is 0 Å². The zero-order valence-corrected chi connectivity index (χ0v) is 12.1. The van der Waals surface area contributed by atoms with Gasteiger partial charge in [0, 0.05) is 31.0 Å². The van der Waals surface area contributed by atoms with Crippen LogP contribution in [0.4, 0.5) is 5.69 Å². The molecule has 106 valence electrons. The fourth-order valence-electron chi connectivity index (χ4n) is 1.41. The maximum Gasteiger partial charge on any atom is 0.120 e. The Morgan fingerprint density at radius 1 is 1.33 bits per heavy atom. The molecule has 0 amide bonds. The lowest BCUT2D eigenvalue weighted by molar-refractivity contribution is 0.144. The molecule has 1 aromatic carbocycles. The summed E-state index contributed by atoms with van der Waals surface area (Å²) in [6, 6.07) is 5.09. The molecule has 0 spiro atoms. The maximum absolute atomic E-state index is 9.56. The molecule has 6 heteroatoms. The molecule has 0 bridgehead atoms. The number of hydrogen-bond acceptors (Lipinski definition) is 4. The van der Waals surface area contributed by atoms with E-state index < -0.39 is 0 Å². The number of aromatic hydroxyl groups is 1. The number of benzene rings is 1. The molecule has 0 unspecified atom stereocenters. The molecule has 1 aromatic rings. The fraction of sp³-hybridized carbons (Fsp3) is 0.500. The monoisotopic (exact) mass is 296 g/mol. The van der Waals surface area contributed by atoms with Crippen molar-refractivity contribution in [1.82, 2.24) is 5.32 Å². The van der Waals surface area contributed by atoms with Gasteiger partial charge in [0.05, 0.1) is 0 Å². The second-order valence-electron chi connectivity index (χ2n) is 3.62. The Morgan fingerprint density at radius 2 is 2.06 bits per heavy atom. The summed E-state index contributed by atoms with van der Waals surface area (Å²) in [4.78, 5) is 0. The third-order valence-corrected chi connectivity index (χ3v) is 2.27. The van der Waals surface area contributed by atoms with Gasteiger partial charge in [0.25, 0.3) is 0 Å². The molecule has 0 aliphatic carbocycles. The highest BCUT2D eigenvalue weighted by Gasteiger charge is 2.00. The summed E-state index contributed by atoms with van der Waals surface area (Å²) in [7, 11) is 0. The van der Waals surface area contributed by atoms with Gasteiger partial charge in [0.15, 0.2) is 0 Å². The zero-order valence-electron chi connectivity index (χ0n) is 10.5. The molecule has 4 nitrogen and oxygen atoms in total. The van der Waals surface area contributed by atoms with Crippen LogP contribution in [0.2, 0.25) is 0 Å². The number of anilines is 1. The van der Waals surface area contributed by atoms with Crippen molar-refractivity contribution >= 4 is 30.5 Å². The molecule has 0 atom stereocenters. The molecule has 0 radical (unpaired) electrons. The van der Waals surface area contributed by atoms with E-state index in [9.17, 15) is 5.11 Å². The summed E-state index contributed by atoms with van der Waals surface area (Å²) in [6.07, 6.45) is 0.969. The van der Waals surface area contributed by atoms with Gasteiger partial charge in [-0.25, -0.2) is 0 Å². The van der Waals surface area contributed by atoms with Gasteiger partial charge in [-0.2, -0.15) is 0 Å². The van der Waals surface area contributed by atoms with Gasteiger partial charge in [0.2, 0.25) is 0 Å². The number of nitrogens with two attached hydrogens (primary N) is 1. The summed E-state index contributed by atoms with van der Waals surface area (Å²) >= 11 is 0. The summed E-state index contributed by atoms with van der Waals surface area (Å²) in [6.45, 7) is 5.01. The van der Waals surface area contributed by atoms with Crippen molar-refractivity contribution in [2.75, 3.05) is 25.5 Å². The summed E-state index contributed by atoms with van der Waals surface area (Å²) in [5.41, 5.74) is 7.14. The van der Waals surface area contributed by atoms with E-state index in [-0.39, 0.29) is 30.6 Å². The van der Waals surface area contributed by atoms with Crippen LogP contribution in [0.25, 0.3) is 0 Å². The first kappa shape index (κ1) is 19.7. The number of nitrogens with one attached hydrogen (secondary N) is 1. The summed E-state index contributed by atoms with van der Waals surface area (Å²) < 4.78 is 5.22. The molecule has 0 aromatic heterocycles. The topological polar surface area (TPSA) is 67.5 Å². The van der Waals surface area contributed by atoms with Crippen LogP contribution in [0.5, 0.6) is 5.75 Å². The Morgan fingerprint density at radius 3 is 2.72 bits per heavy atom. The van der Waals surface area contributed by atoms with Crippen LogP contribution in [0.15, 0.2) is 18.2 Å². The molecule has 1 rings (SSSR count). The van der Waals surface area contributed by atoms with Crippen molar-refractivity contribution in [3.05, 3.63) is 23.8 Å². The van der Waals surface area contributed by atoms with Crippen LogP contribution in [0.1, 0.15) is 18.9 Å². The number of nitrogen functional groups attached to an aromatic ring is 1. The van der Waals surface area contributed by atoms with E-state index in [4.69, 9.17) is 10.5 Å². The number of phenols is 1. The lowest BCUT2D eigenvalue weighted by Gasteiger charge is -2.07. The van der Waals surface area contributed by atoms with Crippen LogP contribution in [-0.4, -0.2) is 24.9 Å². The van der Waals surface area contributed by atoms with Crippen LogP contribution in [0, 0.1) is 0 Å². The largest absolute Gasteiger partial charge is 0.508 e. The molecule has 0 aliphatic heterocycles. The molecular weight excluding hydrogens is 275 g/mol. The second kappa shape index (κ2) is 11.4. The maximum atomic E-state index is 9.56. The number of rotatable bonds is 7. The van der Waals surface area contributed by atoms with E-state index >= 15 is 0 Å². The predicted molar refractivity (Wildman–Crippen MR) is 79.8 cm³/mol. The van der Waals surface area contributed by atoms with Crippen LogP contribution < -0.4 is 11.1 Å². The van der Waals surface area contributed by atoms with Crippen LogP contribution in [0.3, 0.4) is 0 Å². The van der Waals surface area contributed by atoms with Crippen molar-refractivity contribution in [2.45, 2.75) is 19.9 Å². The predicted octanol–water partition coefficient (Wildman–Crippen LogP) is 2.33. The Hall–Kier alpha value is -0.680. The Balaban J connectivity index is 0. The SMILES string of the molecule is CCOCCCNCc1cc(N)ccc1O.Cl.Cl. The first-order chi connectivity index (χ1) is 7.74. The van der Waals surface area contributed by atoms with Gasteiger partial charge >= 0.3 is 0 Å². The van der Waals surface area contributed by atoms with Gasteiger partial charge in [0.1, 0.15) is 5.75 Å². The first-order valence-corrected chi connectivity index (χ1v) is 5.60. The average Bonchev–Trinajstić information content (AvgIpc) is 2.28. The lowest BCUT2D eigenvalue weighted by Crippen LogP contribution is -2.16. The molecule has 0 heterocycles. The fourth-order valence-corrected chi connectivity index (χ4v) is 1.41. The van der Waals surface area contributed by atoms with E-state index in [1.807, 2.05) is 6.92 Å². The third kappa shape index (κ3) is 7.61. The van der Waals surface area contributed by atoms with E-state index in [0.717, 1.165) is 31.7 Å². The zero-order chi connectivity index (χ0) is 11.8. The Kier molecular flexibility index (Phi) is 12.5. The minimum atomic E-state index is 0. The minimum absolute atomic E-state index is 0. The Labute approximate surface area is 121 Å². The lowest BCUT2D eigenvalue weighted by atomic mass is 10.2. The summed E-state index contributed by atoms with van der Waals surface area (Å²) in [5.74, 6) is 0.284. The van der Waals surface area contributed by atoms with Crippen LogP contribution in [-0.2, 0) is 11.3 Å². The normalized spacial score (nSPS) is 9.39. The number of halogens is 2. The highest BCUT2D eigenvalue weighted by atomic mass is 35.5. The van der Waals surface area contributed by atoms with Crippen molar-refractivity contribution in [3.63, 3.8) is 0 Å². The standard InChI is InChI=1S/C12H20N2O2.2ClH/c1-2-16-7-3-6-14-9-10-8-11(13)4-5-12(10)15;;/h4-5,8,14-15H,2-3,6-7,9,13H2,1H3;2*1H. The number of phenolic OH excluding ortho intramolecular Hbond substituents is 1. The van der Waals surface area contributed by atoms with E-state index in [0.29, 0.717) is 12.2 Å². The van der Waals surface area contributed by atoms with Gasteiger partial charge in [-0.3, -0.25) is 0 Å². The van der Waals surface area contributed by atoms with E-state index in [1.165, 1.54) is 0 Å². The van der Waals surface area contributed by atoms with Crippen molar-refractivity contribution < 1.29 is 9.84 Å². The Bertz CT molecular complexity index is 325. The second-order valence-corrected chi connectivity index (χ2v) is 3.62. The molecule has 0 saturated heterocycles. The molecule has 18 heavy (non-hydrogen) atoms. The molecule has 4 N–H and O–H groups in total. The van der Waals surface area contributed by atoms with E-state index in [1.54, 1.807) is 18.2 Å². The quantitative estimate of drug-likeness (QED) is 0.410. The first-order valence-electron chi connectivity index (χ1n) is 5.60. The van der Waals surface area contributed by atoms with Gasteiger partial charge in [-0.15, -0.1) is 24.8 Å². The molecule has 0 aliphatic rings. The molecule has 0 fully saturated rings. The summed E-state index contributed by atoms with van der Waals surface area (Å²) in [5, 5.41) is 12.8. The van der Waals surface area contributed by atoms with Crippen molar-refractivity contribution in [2.24, 2.45) is 0 Å². The highest BCUT2D eigenvalue weighted by molar-refractivity contribution is 5.85. The average molecular weight is 297 g/mol. The van der Waals surface area contributed by atoms with Gasteiger partial charge in [-0.05, 0) is 38.1 Å². The molecule has 0 saturated carbocycles. The van der Waals surface area contributed by atoms with Crippen molar-refractivity contribution in [3.8, 4) is 5.75 Å². The van der Waals surface area contributed by atoms with Crippen LogP contribution >= 0.6 is 24.8 Å². The number of hydrogen-bond donors (Lipinski definition) is 3. The molecular formula is C12H22Cl2N2O2. The number of ether oxygens (including phenoxy) is 1. The highest BCUT2D eigenvalue weighted by Crippen LogP contribution is 2.19.